The Kier molecular flexibility index (Phi) is 5.65. The fraction of sp³-hybridized carbons (Fsp3) is 0.611. The van der Waals surface area contributed by atoms with Crippen molar-refractivity contribution in [2.75, 3.05) is 6.54 Å². The van der Waals surface area contributed by atoms with E-state index < -0.39 is 0 Å². The van der Waals surface area contributed by atoms with Gasteiger partial charge in [0.05, 0.1) is 5.56 Å². The van der Waals surface area contributed by atoms with Crippen LogP contribution in [0.15, 0.2) is 22.7 Å². The minimum Gasteiger partial charge on any atom is -0.351 e. The van der Waals surface area contributed by atoms with Gasteiger partial charge in [0, 0.05) is 11.0 Å². The summed E-state index contributed by atoms with van der Waals surface area (Å²) in [5.41, 5.74) is 0.672. The molecule has 22 heavy (non-hydrogen) atoms. The Labute approximate surface area is 141 Å². The minimum absolute atomic E-state index is 0. The molecule has 0 unspecified atom stereocenters. The second kappa shape index (κ2) is 7.12. The molecule has 0 spiro atoms. The topological polar surface area (TPSA) is 29.1 Å². The summed E-state index contributed by atoms with van der Waals surface area (Å²) in [6, 6.07) is 4.23. The van der Waals surface area contributed by atoms with Crippen molar-refractivity contribution in [3.8, 4) is 0 Å². The molecule has 0 aliphatic heterocycles. The van der Waals surface area contributed by atoms with E-state index >= 15 is 0 Å². The lowest BCUT2D eigenvalue weighted by molar-refractivity contribution is 0.0681. The number of benzene rings is 1. The Balaban J connectivity index is 0.00000176. The lowest BCUT2D eigenvalue weighted by Crippen LogP contribution is -2.43. The molecule has 2 fully saturated rings. The van der Waals surface area contributed by atoms with E-state index in [1.54, 1.807) is 6.07 Å². The number of fused-ring (bicyclic) bond motifs is 2. The van der Waals surface area contributed by atoms with Gasteiger partial charge < -0.3 is 5.32 Å². The second-order valence-corrected chi connectivity index (χ2v) is 7.52. The Bertz CT molecular complexity index is 536. The molecule has 2 aliphatic carbocycles. The van der Waals surface area contributed by atoms with Gasteiger partial charge in [0.15, 0.2) is 0 Å². The summed E-state index contributed by atoms with van der Waals surface area (Å²) in [6.07, 6.45) is 8.95. The molecule has 1 amide bonds. The van der Waals surface area contributed by atoms with E-state index in [2.05, 4.69) is 21.2 Å². The van der Waals surface area contributed by atoms with E-state index in [0.717, 1.165) is 12.5 Å². The monoisotopic (exact) mass is 369 g/mol. The Morgan fingerprint density at radius 2 is 2.00 bits per heavy atom. The third-order valence-electron chi connectivity index (χ3n) is 5.16. The molecule has 4 heteroatoms. The van der Waals surface area contributed by atoms with Crippen molar-refractivity contribution in [1.29, 1.82) is 0 Å². The van der Waals surface area contributed by atoms with Gasteiger partial charge in [-0.1, -0.05) is 33.1 Å². The predicted octanol–water partition coefficient (Wildman–Crippen LogP) is 5.31. The van der Waals surface area contributed by atoms with Crippen LogP contribution < -0.4 is 5.32 Å². The average molecular weight is 370 g/mol. The van der Waals surface area contributed by atoms with Gasteiger partial charge >= 0.3 is 0 Å². The molecule has 0 saturated heterocycles. The van der Waals surface area contributed by atoms with Crippen molar-refractivity contribution < 1.29 is 9.18 Å². The van der Waals surface area contributed by atoms with Crippen molar-refractivity contribution in [1.82, 2.24) is 5.32 Å². The normalized spacial score (nSPS) is 26.9. The molecule has 0 aromatic heterocycles. The van der Waals surface area contributed by atoms with Crippen LogP contribution >= 0.6 is 15.9 Å². The first kappa shape index (κ1) is 17.5. The highest BCUT2D eigenvalue weighted by Gasteiger charge is 2.39. The molecular weight excluding hydrogens is 345 g/mol. The van der Waals surface area contributed by atoms with Crippen LogP contribution in [0.5, 0.6) is 0 Å². The fourth-order valence-corrected chi connectivity index (χ4v) is 4.53. The average Bonchev–Trinajstić information content (AvgIpc) is 2.47. The summed E-state index contributed by atoms with van der Waals surface area (Å²) >= 11 is 3.32. The Morgan fingerprint density at radius 3 is 2.68 bits per heavy atom. The van der Waals surface area contributed by atoms with Crippen LogP contribution in [0, 0.1) is 17.2 Å². The third-order valence-corrected chi connectivity index (χ3v) is 5.85. The summed E-state index contributed by atoms with van der Waals surface area (Å²) in [4.78, 5) is 12.3. The summed E-state index contributed by atoms with van der Waals surface area (Å²) in [5.74, 6) is 0.297. The predicted molar refractivity (Wildman–Crippen MR) is 91.4 cm³/mol. The van der Waals surface area contributed by atoms with E-state index in [1.807, 2.05) is 0 Å². The highest BCUT2D eigenvalue weighted by Crippen LogP contribution is 2.48. The molecule has 1 aromatic rings. The highest BCUT2D eigenvalue weighted by molar-refractivity contribution is 9.10. The van der Waals surface area contributed by atoms with E-state index in [9.17, 15) is 9.18 Å². The molecule has 1 N–H and O–H groups in total. The van der Waals surface area contributed by atoms with Gasteiger partial charge in [0.1, 0.15) is 5.82 Å². The number of carbonyl (C=O) groups is 1. The van der Waals surface area contributed by atoms with Crippen LogP contribution in [0.4, 0.5) is 4.39 Å². The first-order chi connectivity index (χ1) is 10.1. The van der Waals surface area contributed by atoms with Crippen molar-refractivity contribution in [3.05, 3.63) is 34.1 Å². The lowest BCUT2D eigenvalue weighted by atomic mass is 9.62. The van der Waals surface area contributed by atoms with Crippen LogP contribution in [-0.2, 0) is 0 Å². The molecule has 2 bridgehead atoms. The first-order valence-electron chi connectivity index (χ1n) is 7.81. The maximum Gasteiger partial charge on any atom is 0.252 e. The molecule has 122 valence electrons. The molecule has 0 heterocycles. The van der Waals surface area contributed by atoms with Crippen molar-refractivity contribution >= 4 is 21.8 Å². The quantitative estimate of drug-likeness (QED) is 0.767. The molecular formula is C18H25BrFNO. The van der Waals surface area contributed by atoms with Crippen molar-refractivity contribution in [2.45, 2.75) is 52.4 Å². The van der Waals surface area contributed by atoms with Gasteiger partial charge in [-0.15, -0.1) is 0 Å². The number of nitrogens with one attached hydrogen (secondary N) is 1. The van der Waals surface area contributed by atoms with E-state index in [4.69, 9.17) is 0 Å². The minimum atomic E-state index is -0.378. The zero-order valence-corrected chi connectivity index (χ0v) is 13.7. The zero-order valence-electron chi connectivity index (χ0n) is 12.1. The highest BCUT2D eigenvalue weighted by atomic mass is 79.9. The Morgan fingerprint density at radius 1 is 1.32 bits per heavy atom. The number of rotatable bonds is 3. The smallest absolute Gasteiger partial charge is 0.252 e. The van der Waals surface area contributed by atoms with Gasteiger partial charge in [-0.3, -0.25) is 4.79 Å². The fourth-order valence-electron chi connectivity index (χ4n) is 4.10. The summed E-state index contributed by atoms with van der Waals surface area (Å²) < 4.78 is 13.9. The van der Waals surface area contributed by atoms with Gasteiger partial charge in [-0.2, -0.15) is 0 Å². The van der Waals surface area contributed by atoms with Crippen LogP contribution in [0.2, 0.25) is 0 Å². The van der Waals surface area contributed by atoms with Crippen LogP contribution in [0.1, 0.15) is 62.7 Å². The number of amides is 1. The second-order valence-electron chi connectivity index (χ2n) is 6.66. The van der Waals surface area contributed by atoms with Gasteiger partial charge in [-0.25, -0.2) is 4.39 Å². The largest absolute Gasteiger partial charge is 0.351 e. The van der Waals surface area contributed by atoms with Crippen LogP contribution in [-0.4, -0.2) is 12.5 Å². The number of hydrogen-bond acceptors (Lipinski definition) is 1. The lowest BCUT2D eigenvalue weighted by Gasteiger charge is -2.45. The van der Waals surface area contributed by atoms with E-state index in [1.165, 1.54) is 57.1 Å². The molecule has 2 nitrogen and oxygen atoms in total. The Hall–Kier alpha value is -0.900. The summed E-state index contributed by atoms with van der Waals surface area (Å²) in [5, 5.41) is 3.05. The van der Waals surface area contributed by atoms with E-state index in [-0.39, 0.29) is 24.6 Å². The van der Waals surface area contributed by atoms with Gasteiger partial charge in [-0.05, 0) is 64.7 Å². The van der Waals surface area contributed by atoms with Crippen LogP contribution in [0.3, 0.4) is 0 Å². The number of halogens is 2. The van der Waals surface area contributed by atoms with Crippen LogP contribution in [0.25, 0.3) is 0 Å². The SMILES string of the molecule is C.O=C(NCC12CCCC(CCC1)C2)c1cc(F)ccc1Br. The third kappa shape index (κ3) is 3.70. The van der Waals surface area contributed by atoms with Crippen molar-refractivity contribution in [2.24, 2.45) is 11.3 Å². The van der Waals surface area contributed by atoms with Crippen molar-refractivity contribution in [3.63, 3.8) is 0 Å². The number of carbonyl (C=O) groups excluding carboxylic acids is 1. The number of hydrogen-bond donors (Lipinski definition) is 1. The van der Waals surface area contributed by atoms with Gasteiger partial charge in [0.2, 0.25) is 0 Å². The molecule has 3 rings (SSSR count). The first-order valence-corrected chi connectivity index (χ1v) is 8.61. The zero-order chi connectivity index (χ0) is 14.9. The van der Waals surface area contributed by atoms with Gasteiger partial charge in [0.25, 0.3) is 5.91 Å². The molecule has 1 aromatic carbocycles. The standard InChI is InChI=1S/C17H21BrFNO.CH4/c18-15-6-5-13(19)9-14(15)16(21)20-11-17-7-1-3-12(10-17)4-2-8-17;/h5-6,9,12H,1-4,7-8,10-11H2,(H,20,21);1H4. The molecule has 0 radical (unpaired) electrons. The maximum atomic E-state index is 13.3. The molecule has 2 aliphatic rings. The molecule has 2 saturated carbocycles. The summed E-state index contributed by atoms with van der Waals surface area (Å²) in [6.45, 7) is 0.727. The summed E-state index contributed by atoms with van der Waals surface area (Å²) in [7, 11) is 0. The van der Waals surface area contributed by atoms with E-state index in [0.29, 0.717) is 10.0 Å². The molecule has 0 atom stereocenters. The maximum absolute atomic E-state index is 13.3.